The molecule has 0 aliphatic carbocycles. The van der Waals surface area contributed by atoms with Crippen LogP contribution in [0.5, 0.6) is 0 Å². The molecule has 1 aliphatic rings. The molecule has 1 aromatic heterocycles. The first-order chi connectivity index (χ1) is 11.1. The summed E-state index contributed by atoms with van der Waals surface area (Å²) < 4.78 is 5.21. The van der Waals surface area contributed by atoms with Crippen molar-refractivity contribution in [1.82, 2.24) is 20.3 Å². The van der Waals surface area contributed by atoms with Gasteiger partial charge in [0.25, 0.3) is 0 Å². The van der Waals surface area contributed by atoms with Crippen LogP contribution >= 0.6 is 0 Å². The van der Waals surface area contributed by atoms with E-state index in [9.17, 15) is 9.59 Å². The van der Waals surface area contributed by atoms with Crippen LogP contribution in [0.4, 0.5) is 0 Å². The topological polar surface area (TPSA) is 88.2 Å². The Balaban J connectivity index is 1.74. The summed E-state index contributed by atoms with van der Waals surface area (Å²) in [5, 5.41) is 9.93. The van der Waals surface area contributed by atoms with Gasteiger partial charge in [-0.3, -0.25) is 9.59 Å². The summed E-state index contributed by atoms with van der Waals surface area (Å²) in [7, 11) is 0. The number of fused-ring (bicyclic) bond motifs is 1. The maximum absolute atomic E-state index is 12.1. The number of aromatic amines is 1. The quantitative estimate of drug-likeness (QED) is 0.870. The Labute approximate surface area is 132 Å². The number of H-pyrrole nitrogens is 1. The fraction of sp³-hybridized carbons (Fsp3) is 0.250. The van der Waals surface area contributed by atoms with Crippen LogP contribution in [-0.2, 0) is 20.9 Å². The highest BCUT2D eigenvalue weighted by atomic mass is 16.5. The van der Waals surface area contributed by atoms with Gasteiger partial charge in [0, 0.05) is 13.1 Å². The number of ether oxygens (including phenoxy) is 1. The molecule has 0 saturated heterocycles. The number of carbonyl (C=O) groups excluding carboxylic acids is 2. The van der Waals surface area contributed by atoms with E-state index in [0.717, 1.165) is 11.1 Å². The molecule has 1 N–H and O–H groups in total. The van der Waals surface area contributed by atoms with Gasteiger partial charge in [0.05, 0.1) is 18.7 Å². The van der Waals surface area contributed by atoms with Crippen molar-refractivity contribution in [2.45, 2.75) is 26.0 Å². The third kappa shape index (κ3) is 3.28. The number of rotatable bonds is 4. The molecule has 7 nitrogen and oxygen atoms in total. The number of amides is 1. The van der Waals surface area contributed by atoms with Gasteiger partial charge in [0.2, 0.25) is 5.91 Å². The predicted octanol–water partition coefficient (Wildman–Crippen LogP) is 1.81. The number of hydrogen-bond donors (Lipinski definition) is 1. The van der Waals surface area contributed by atoms with E-state index >= 15 is 0 Å². The van der Waals surface area contributed by atoms with E-state index in [1.807, 2.05) is 30.3 Å². The lowest BCUT2D eigenvalue weighted by Crippen LogP contribution is -2.32. The molecule has 1 atom stereocenters. The van der Waals surface area contributed by atoms with Gasteiger partial charge in [-0.1, -0.05) is 24.3 Å². The van der Waals surface area contributed by atoms with Gasteiger partial charge in [-0.05, 0) is 17.2 Å². The molecule has 0 unspecified atom stereocenters. The molecule has 1 amide bonds. The zero-order valence-corrected chi connectivity index (χ0v) is 12.6. The summed E-state index contributed by atoms with van der Waals surface area (Å²) in [5.41, 5.74) is 2.48. The van der Waals surface area contributed by atoms with Crippen LogP contribution in [0.25, 0.3) is 6.08 Å². The van der Waals surface area contributed by atoms with Crippen LogP contribution in [-0.4, -0.2) is 32.2 Å². The summed E-state index contributed by atoms with van der Waals surface area (Å²) in [4.78, 5) is 25.5. The Kier molecular flexibility index (Phi) is 4.18. The molecular weight excluding hydrogens is 296 g/mol. The average molecular weight is 312 g/mol. The SMILES string of the molecule is CC(=O)N1C=Cc2ccccc2[C@@H]1CC(=O)OCc1cn[nH]n1. The van der Waals surface area contributed by atoms with Crippen molar-refractivity contribution >= 4 is 18.0 Å². The molecule has 118 valence electrons. The number of hydrogen-bond acceptors (Lipinski definition) is 5. The molecule has 3 rings (SSSR count). The Bertz CT molecular complexity index is 740. The van der Waals surface area contributed by atoms with Crippen LogP contribution in [0.1, 0.15) is 36.2 Å². The molecule has 0 saturated carbocycles. The zero-order valence-electron chi connectivity index (χ0n) is 12.6. The average Bonchev–Trinajstić information content (AvgIpc) is 3.06. The molecule has 0 spiro atoms. The summed E-state index contributed by atoms with van der Waals surface area (Å²) in [5.74, 6) is -0.514. The number of benzene rings is 1. The lowest BCUT2D eigenvalue weighted by molar-refractivity contribution is -0.147. The van der Waals surface area contributed by atoms with Crippen molar-refractivity contribution in [3.63, 3.8) is 0 Å². The fourth-order valence-electron chi connectivity index (χ4n) is 2.58. The maximum atomic E-state index is 12.1. The Morgan fingerprint density at radius 2 is 2.17 bits per heavy atom. The second-order valence-electron chi connectivity index (χ2n) is 5.21. The monoisotopic (exact) mass is 312 g/mol. The normalized spacial score (nSPS) is 16.0. The molecule has 7 heteroatoms. The highest BCUT2D eigenvalue weighted by molar-refractivity contribution is 5.80. The third-order valence-electron chi connectivity index (χ3n) is 3.68. The predicted molar refractivity (Wildman–Crippen MR) is 81.5 cm³/mol. The van der Waals surface area contributed by atoms with E-state index in [0.29, 0.717) is 5.69 Å². The van der Waals surface area contributed by atoms with Gasteiger partial charge < -0.3 is 9.64 Å². The molecule has 1 aromatic carbocycles. The first kappa shape index (κ1) is 15.0. The van der Waals surface area contributed by atoms with E-state index in [1.54, 1.807) is 11.1 Å². The van der Waals surface area contributed by atoms with Gasteiger partial charge >= 0.3 is 5.97 Å². The second kappa shape index (κ2) is 6.43. The Hall–Kier alpha value is -2.96. The van der Waals surface area contributed by atoms with Gasteiger partial charge in [-0.15, -0.1) is 0 Å². The molecule has 23 heavy (non-hydrogen) atoms. The van der Waals surface area contributed by atoms with Gasteiger partial charge in [-0.25, -0.2) is 0 Å². The first-order valence-corrected chi connectivity index (χ1v) is 7.21. The van der Waals surface area contributed by atoms with Gasteiger partial charge in [0.15, 0.2) is 0 Å². The van der Waals surface area contributed by atoms with E-state index in [4.69, 9.17) is 4.74 Å². The molecule has 2 aromatic rings. The van der Waals surface area contributed by atoms with Crippen LogP contribution < -0.4 is 0 Å². The van der Waals surface area contributed by atoms with Crippen molar-refractivity contribution in [2.75, 3.05) is 0 Å². The maximum Gasteiger partial charge on any atom is 0.308 e. The van der Waals surface area contributed by atoms with Crippen molar-refractivity contribution in [3.8, 4) is 0 Å². The number of esters is 1. The smallest absolute Gasteiger partial charge is 0.308 e. The summed E-state index contributed by atoms with van der Waals surface area (Å²) in [6.07, 6.45) is 5.15. The van der Waals surface area contributed by atoms with Crippen LogP contribution in [0, 0.1) is 0 Å². The fourth-order valence-corrected chi connectivity index (χ4v) is 2.58. The minimum absolute atomic E-state index is 0.0552. The van der Waals surface area contributed by atoms with E-state index < -0.39 is 5.97 Å². The van der Waals surface area contributed by atoms with Crippen molar-refractivity contribution < 1.29 is 14.3 Å². The molecule has 0 radical (unpaired) electrons. The zero-order chi connectivity index (χ0) is 16.2. The summed E-state index contributed by atoms with van der Waals surface area (Å²) in [6.45, 7) is 1.53. The number of aromatic nitrogens is 3. The molecule has 1 aliphatic heterocycles. The molecule has 0 bridgehead atoms. The van der Waals surface area contributed by atoms with Gasteiger partial charge in [-0.2, -0.15) is 15.4 Å². The Morgan fingerprint density at radius 1 is 1.35 bits per heavy atom. The van der Waals surface area contributed by atoms with Crippen LogP contribution in [0.15, 0.2) is 36.7 Å². The Morgan fingerprint density at radius 3 is 2.91 bits per heavy atom. The molecule has 2 heterocycles. The minimum Gasteiger partial charge on any atom is -0.459 e. The summed E-state index contributed by atoms with van der Waals surface area (Å²) in [6, 6.07) is 7.33. The third-order valence-corrected chi connectivity index (χ3v) is 3.68. The van der Waals surface area contributed by atoms with Crippen molar-refractivity contribution in [2.24, 2.45) is 0 Å². The second-order valence-corrected chi connectivity index (χ2v) is 5.21. The largest absolute Gasteiger partial charge is 0.459 e. The number of nitrogens with zero attached hydrogens (tertiary/aromatic N) is 3. The highest BCUT2D eigenvalue weighted by Crippen LogP contribution is 2.33. The van der Waals surface area contributed by atoms with Crippen molar-refractivity contribution in [3.05, 3.63) is 53.5 Å². The number of nitrogens with one attached hydrogen (secondary N) is 1. The van der Waals surface area contributed by atoms with E-state index in [2.05, 4.69) is 15.4 Å². The van der Waals surface area contributed by atoms with Crippen LogP contribution in [0.2, 0.25) is 0 Å². The van der Waals surface area contributed by atoms with E-state index in [-0.39, 0.29) is 25.0 Å². The molecule has 0 fully saturated rings. The van der Waals surface area contributed by atoms with Crippen molar-refractivity contribution in [1.29, 1.82) is 0 Å². The molecular formula is C16H16N4O3. The minimum atomic E-state index is -0.394. The lowest BCUT2D eigenvalue weighted by atomic mass is 9.94. The van der Waals surface area contributed by atoms with Gasteiger partial charge in [0.1, 0.15) is 12.3 Å². The number of carbonyl (C=O) groups is 2. The van der Waals surface area contributed by atoms with Crippen LogP contribution in [0.3, 0.4) is 0 Å². The highest BCUT2D eigenvalue weighted by Gasteiger charge is 2.28. The summed E-state index contributed by atoms with van der Waals surface area (Å²) >= 11 is 0. The standard InChI is InChI=1S/C16H16N4O3/c1-11(21)20-7-6-12-4-2-3-5-14(12)15(20)8-16(22)23-10-13-9-17-19-18-13/h2-7,9,15H,8,10H2,1H3,(H,17,18,19)/t15-/m0/s1. The lowest BCUT2D eigenvalue weighted by Gasteiger charge is -2.32. The first-order valence-electron chi connectivity index (χ1n) is 7.21. The van der Waals surface area contributed by atoms with E-state index in [1.165, 1.54) is 13.1 Å².